The van der Waals surface area contributed by atoms with Crippen molar-refractivity contribution in [3.05, 3.63) is 46.8 Å². The highest BCUT2D eigenvalue weighted by Crippen LogP contribution is 2.39. The van der Waals surface area contributed by atoms with E-state index in [1.165, 1.54) is 0 Å². The van der Waals surface area contributed by atoms with E-state index in [-0.39, 0.29) is 17.6 Å². The Bertz CT molecular complexity index is 781. The van der Waals surface area contributed by atoms with Crippen LogP contribution in [0, 0.1) is 0 Å². The molecule has 2 aromatic rings. The quantitative estimate of drug-likeness (QED) is 0.789. The van der Waals surface area contributed by atoms with Crippen molar-refractivity contribution in [1.29, 1.82) is 0 Å². The Labute approximate surface area is 141 Å². The van der Waals surface area contributed by atoms with E-state index < -0.39 is 0 Å². The number of nitrogens with zero attached hydrogens (tertiary/aromatic N) is 1. The average molecular weight is 326 g/mol. The number of para-hydroxylation sites is 1. The van der Waals surface area contributed by atoms with Crippen molar-refractivity contribution < 1.29 is 9.53 Å². The molecule has 4 rings (SSSR count). The van der Waals surface area contributed by atoms with Gasteiger partial charge in [0.05, 0.1) is 6.04 Å². The molecular formula is C18H22N4O2. The first-order chi connectivity index (χ1) is 11.5. The van der Waals surface area contributed by atoms with Crippen LogP contribution in [0.1, 0.15) is 53.6 Å². The van der Waals surface area contributed by atoms with Crippen molar-refractivity contribution in [3.8, 4) is 5.75 Å². The smallest absolute Gasteiger partial charge is 0.272 e. The molecule has 3 N–H and O–H groups in total. The van der Waals surface area contributed by atoms with E-state index in [1.807, 2.05) is 38.1 Å². The highest BCUT2D eigenvalue weighted by Gasteiger charge is 2.35. The highest BCUT2D eigenvalue weighted by atomic mass is 16.5. The summed E-state index contributed by atoms with van der Waals surface area (Å²) in [5.41, 5.74) is 3.25. The summed E-state index contributed by atoms with van der Waals surface area (Å²) in [6.45, 7) is 5.69. The van der Waals surface area contributed by atoms with Crippen LogP contribution in [-0.4, -0.2) is 28.3 Å². The van der Waals surface area contributed by atoms with Crippen molar-refractivity contribution in [1.82, 2.24) is 20.8 Å². The van der Waals surface area contributed by atoms with Crippen molar-refractivity contribution in [2.75, 3.05) is 6.54 Å². The third-order valence-electron chi connectivity index (χ3n) is 4.70. The SMILES string of the molecule is CC1(C)CC(NC(=O)c2n[nH]c3c2CNCC3)c2ccccc2O1. The minimum atomic E-state index is -0.321. The lowest BCUT2D eigenvalue weighted by atomic mass is 9.89. The number of ether oxygens (including phenoxy) is 1. The second-order valence-electron chi connectivity index (χ2n) is 7.09. The zero-order valence-electron chi connectivity index (χ0n) is 14.0. The van der Waals surface area contributed by atoms with E-state index in [4.69, 9.17) is 4.74 Å². The summed E-state index contributed by atoms with van der Waals surface area (Å²) in [5, 5.41) is 13.7. The Balaban J connectivity index is 1.61. The maximum atomic E-state index is 12.8. The van der Waals surface area contributed by atoms with Gasteiger partial charge in [-0.05, 0) is 19.9 Å². The maximum Gasteiger partial charge on any atom is 0.272 e. The van der Waals surface area contributed by atoms with Gasteiger partial charge in [0.1, 0.15) is 11.4 Å². The summed E-state index contributed by atoms with van der Waals surface area (Å²) in [7, 11) is 0. The predicted molar refractivity (Wildman–Crippen MR) is 90.0 cm³/mol. The van der Waals surface area contributed by atoms with E-state index in [1.54, 1.807) is 0 Å². The van der Waals surface area contributed by atoms with Crippen LogP contribution in [0.15, 0.2) is 24.3 Å². The zero-order valence-corrected chi connectivity index (χ0v) is 14.0. The molecule has 6 heteroatoms. The molecule has 1 aromatic carbocycles. The fraction of sp³-hybridized carbons (Fsp3) is 0.444. The number of carbonyl (C=O) groups excluding carboxylic acids is 1. The molecule has 0 fully saturated rings. The van der Waals surface area contributed by atoms with E-state index in [0.29, 0.717) is 12.2 Å². The van der Waals surface area contributed by atoms with Crippen LogP contribution >= 0.6 is 0 Å². The molecule has 1 unspecified atom stereocenters. The molecule has 3 heterocycles. The van der Waals surface area contributed by atoms with Crippen LogP contribution in [0.3, 0.4) is 0 Å². The summed E-state index contributed by atoms with van der Waals surface area (Å²) in [6.07, 6.45) is 1.60. The first kappa shape index (κ1) is 15.2. The van der Waals surface area contributed by atoms with Crippen LogP contribution < -0.4 is 15.4 Å². The third kappa shape index (κ3) is 2.67. The molecule has 126 valence electrons. The first-order valence-corrected chi connectivity index (χ1v) is 8.39. The van der Waals surface area contributed by atoms with Crippen molar-refractivity contribution >= 4 is 5.91 Å². The van der Waals surface area contributed by atoms with E-state index >= 15 is 0 Å². The molecule has 0 spiro atoms. The van der Waals surface area contributed by atoms with Crippen molar-refractivity contribution in [3.63, 3.8) is 0 Å². The summed E-state index contributed by atoms with van der Waals surface area (Å²) >= 11 is 0. The molecule has 0 radical (unpaired) electrons. The number of nitrogens with one attached hydrogen (secondary N) is 3. The first-order valence-electron chi connectivity index (χ1n) is 8.39. The number of amides is 1. The van der Waals surface area contributed by atoms with E-state index in [0.717, 1.165) is 42.0 Å². The normalized spacial score (nSPS) is 21.3. The molecule has 1 atom stereocenters. The predicted octanol–water partition coefficient (Wildman–Crippen LogP) is 2.09. The van der Waals surface area contributed by atoms with Gasteiger partial charge in [0.15, 0.2) is 5.69 Å². The van der Waals surface area contributed by atoms with E-state index in [9.17, 15) is 4.79 Å². The van der Waals surface area contributed by atoms with Gasteiger partial charge in [-0.1, -0.05) is 18.2 Å². The number of hydrogen-bond acceptors (Lipinski definition) is 4. The lowest BCUT2D eigenvalue weighted by Gasteiger charge is -2.37. The van der Waals surface area contributed by atoms with Gasteiger partial charge in [-0.25, -0.2) is 0 Å². The minimum Gasteiger partial charge on any atom is -0.487 e. The standard InChI is InChI=1S/C18H22N4O2/c1-18(2)9-14(11-5-3-4-6-15(11)24-18)20-17(23)16-12-10-19-8-7-13(12)21-22-16/h3-6,14,19H,7-10H2,1-2H3,(H,20,23)(H,21,22). The molecule has 6 nitrogen and oxygen atoms in total. The van der Waals surface area contributed by atoms with E-state index in [2.05, 4.69) is 20.8 Å². The molecule has 0 bridgehead atoms. The number of carbonyl (C=O) groups is 1. The van der Waals surface area contributed by atoms with Crippen LogP contribution in [-0.2, 0) is 13.0 Å². The fourth-order valence-corrected chi connectivity index (χ4v) is 3.57. The second-order valence-corrected chi connectivity index (χ2v) is 7.09. The maximum absolute atomic E-state index is 12.8. The zero-order chi connectivity index (χ0) is 16.7. The average Bonchev–Trinajstić information content (AvgIpc) is 2.98. The minimum absolute atomic E-state index is 0.0821. The number of hydrogen-bond donors (Lipinski definition) is 3. The van der Waals surface area contributed by atoms with Crippen LogP contribution in [0.5, 0.6) is 5.75 Å². The van der Waals surface area contributed by atoms with Gasteiger partial charge in [-0.15, -0.1) is 0 Å². The number of benzene rings is 1. The van der Waals surface area contributed by atoms with Crippen molar-refractivity contribution in [2.24, 2.45) is 0 Å². The number of H-pyrrole nitrogens is 1. The largest absolute Gasteiger partial charge is 0.487 e. The van der Waals surface area contributed by atoms with Gasteiger partial charge in [-0.3, -0.25) is 9.89 Å². The molecule has 1 amide bonds. The highest BCUT2D eigenvalue weighted by molar-refractivity contribution is 5.94. The topological polar surface area (TPSA) is 79.0 Å². The monoisotopic (exact) mass is 326 g/mol. The molecule has 2 aliphatic rings. The van der Waals surface area contributed by atoms with Gasteiger partial charge in [0, 0.05) is 42.8 Å². The van der Waals surface area contributed by atoms with Gasteiger partial charge < -0.3 is 15.4 Å². The third-order valence-corrected chi connectivity index (χ3v) is 4.70. The Hall–Kier alpha value is -2.34. The number of fused-ring (bicyclic) bond motifs is 2. The van der Waals surface area contributed by atoms with Crippen molar-refractivity contribution in [2.45, 2.75) is 44.9 Å². The van der Waals surface area contributed by atoms with Crippen LogP contribution in [0.2, 0.25) is 0 Å². The fourth-order valence-electron chi connectivity index (χ4n) is 3.57. The molecule has 1 aromatic heterocycles. The van der Waals surface area contributed by atoms with Crippen LogP contribution in [0.25, 0.3) is 0 Å². The number of aromatic amines is 1. The number of rotatable bonds is 2. The molecule has 24 heavy (non-hydrogen) atoms. The summed E-state index contributed by atoms with van der Waals surface area (Å²) in [6, 6.07) is 7.81. The molecule has 0 saturated heterocycles. The number of aromatic nitrogens is 2. The summed E-state index contributed by atoms with van der Waals surface area (Å²) < 4.78 is 6.03. The summed E-state index contributed by atoms with van der Waals surface area (Å²) in [5.74, 6) is 0.707. The lowest BCUT2D eigenvalue weighted by Crippen LogP contribution is -2.41. The lowest BCUT2D eigenvalue weighted by molar-refractivity contribution is 0.0618. The molecule has 0 aliphatic carbocycles. The Kier molecular flexibility index (Phi) is 3.57. The van der Waals surface area contributed by atoms with Gasteiger partial charge >= 0.3 is 0 Å². The molecule has 0 saturated carbocycles. The molecular weight excluding hydrogens is 304 g/mol. The Morgan fingerprint density at radius 1 is 1.38 bits per heavy atom. The van der Waals surface area contributed by atoms with Gasteiger partial charge in [0.2, 0.25) is 0 Å². The second kappa shape index (κ2) is 5.63. The summed E-state index contributed by atoms with van der Waals surface area (Å²) in [4.78, 5) is 12.8. The Morgan fingerprint density at radius 2 is 2.21 bits per heavy atom. The van der Waals surface area contributed by atoms with Gasteiger partial charge in [-0.2, -0.15) is 5.10 Å². The van der Waals surface area contributed by atoms with Gasteiger partial charge in [0.25, 0.3) is 5.91 Å². The molecule has 2 aliphatic heterocycles. The van der Waals surface area contributed by atoms with Crippen LogP contribution in [0.4, 0.5) is 0 Å². The Morgan fingerprint density at radius 3 is 3.08 bits per heavy atom.